The summed E-state index contributed by atoms with van der Waals surface area (Å²) in [6.07, 6.45) is -0.0327. The molecule has 0 aromatic heterocycles. The second-order valence-corrected chi connectivity index (χ2v) is 4.79. The zero-order chi connectivity index (χ0) is 11.7. The van der Waals surface area contributed by atoms with Crippen molar-refractivity contribution in [2.45, 2.75) is 12.4 Å². The molecule has 0 saturated carbocycles. The zero-order valence-electron chi connectivity index (χ0n) is 9.23. The number of ether oxygens (including phenoxy) is 4. The lowest BCUT2D eigenvalue weighted by Gasteiger charge is -2.14. The summed E-state index contributed by atoms with van der Waals surface area (Å²) in [5.74, 6) is 0.803. The van der Waals surface area contributed by atoms with E-state index in [2.05, 4.69) is 15.9 Å². The average molecular weight is 301 g/mol. The fourth-order valence-electron chi connectivity index (χ4n) is 1.71. The molecule has 0 aliphatic carbocycles. The topological polar surface area (TPSA) is 40.2 Å². The van der Waals surface area contributed by atoms with Gasteiger partial charge < -0.3 is 18.9 Å². The second-order valence-electron chi connectivity index (χ2n) is 4.00. The van der Waals surface area contributed by atoms with Gasteiger partial charge in [-0.2, -0.15) is 0 Å². The van der Waals surface area contributed by atoms with Crippen LogP contribution in [0.2, 0.25) is 0 Å². The minimum atomic E-state index is -0.287. The summed E-state index contributed by atoms with van der Waals surface area (Å²) in [5, 5.41) is 0. The van der Waals surface area contributed by atoms with Crippen molar-refractivity contribution in [1.82, 2.24) is 0 Å². The van der Waals surface area contributed by atoms with Gasteiger partial charge in [0.2, 0.25) is 0 Å². The summed E-state index contributed by atoms with van der Waals surface area (Å²) in [7, 11) is 0. The van der Waals surface area contributed by atoms with Crippen LogP contribution in [0.25, 0.3) is 0 Å². The quantitative estimate of drug-likeness (QED) is 0.800. The Bertz CT molecular complexity index is 399. The molecule has 0 radical (unpaired) electrons. The monoisotopic (exact) mass is 300 g/mol. The Kier molecular flexibility index (Phi) is 3.33. The van der Waals surface area contributed by atoms with E-state index in [4.69, 9.17) is 18.9 Å². The third kappa shape index (κ3) is 2.63. The fraction of sp³-hybridized carbons (Fsp3) is 0.500. The molecule has 2 fully saturated rings. The smallest absolute Gasteiger partial charge is 0.185 e. The van der Waals surface area contributed by atoms with Gasteiger partial charge in [0.05, 0.1) is 24.3 Å². The van der Waals surface area contributed by atoms with E-state index < -0.39 is 0 Å². The van der Waals surface area contributed by atoms with Crippen LogP contribution >= 0.6 is 15.9 Å². The van der Waals surface area contributed by atoms with Crippen LogP contribution in [0.1, 0.15) is 11.9 Å². The third-order valence-corrected chi connectivity index (χ3v) is 3.54. The van der Waals surface area contributed by atoms with Crippen LogP contribution in [0.4, 0.5) is 0 Å². The lowest BCUT2D eigenvalue weighted by molar-refractivity contribution is -0.0448. The van der Waals surface area contributed by atoms with Crippen LogP contribution in [-0.4, -0.2) is 32.5 Å². The molecule has 2 aliphatic heterocycles. The minimum Gasteiger partial charge on any atom is -0.490 e. The first-order valence-electron chi connectivity index (χ1n) is 5.60. The van der Waals surface area contributed by atoms with E-state index in [1.165, 1.54) is 0 Å². The van der Waals surface area contributed by atoms with E-state index >= 15 is 0 Å². The Hall–Kier alpha value is -0.620. The van der Waals surface area contributed by atoms with Gasteiger partial charge in [-0.3, -0.25) is 0 Å². The summed E-state index contributed by atoms with van der Waals surface area (Å²) < 4.78 is 22.6. The highest BCUT2D eigenvalue weighted by Crippen LogP contribution is 2.36. The molecule has 4 nitrogen and oxygen atoms in total. The van der Waals surface area contributed by atoms with E-state index in [1.807, 2.05) is 18.2 Å². The standard InChI is InChI=1S/C12H13BrO4/c13-11-9(12-14-4-5-15-12)2-1-3-10(11)17-7-8-6-16-8/h1-3,8,12H,4-7H2/t8-/m1/s1. The van der Waals surface area contributed by atoms with Crippen molar-refractivity contribution in [3.8, 4) is 5.75 Å². The van der Waals surface area contributed by atoms with Gasteiger partial charge in [-0.25, -0.2) is 0 Å². The van der Waals surface area contributed by atoms with E-state index in [-0.39, 0.29) is 12.4 Å². The molecule has 1 atom stereocenters. The molecule has 0 spiro atoms. The number of halogens is 1. The minimum absolute atomic E-state index is 0.254. The van der Waals surface area contributed by atoms with E-state index in [1.54, 1.807) is 0 Å². The second kappa shape index (κ2) is 4.94. The molecule has 1 aromatic carbocycles. The van der Waals surface area contributed by atoms with Crippen LogP contribution in [0.15, 0.2) is 22.7 Å². The van der Waals surface area contributed by atoms with Crippen molar-refractivity contribution in [2.24, 2.45) is 0 Å². The molecule has 2 heterocycles. The van der Waals surface area contributed by atoms with Crippen molar-refractivity contribution in [3.63, 3.8) is 0 Å². The van der Waals surface area contributed by atoms with Crippen LogP contribution in [0.3, 0.4) is 0 Å². The fourth-order valence-corrected chi connectivity index (χ4v) is 2.27. The first kappa shape index (κ1) is 11.5. The van der Waals surface area contributed by atoms with Crippen molar-refractivity contribution in [3.05, 3.63) is 28.2 Å². The van der Waals surface area contributed by atoms with Gasteiger partial charge in [0.25, 0.3) is 0 Å². The van der Waals surface area contributed by atoms with E-state index in [9.17, 15) is 0 Å². The van der Waals surface area contributed by atoms with Gasteiger partial charge in [-0.05, 0) is 22.0 Å². The van der Waals surface area contributed by atoms with Crippen LogP contribution in [0.5, 0.6) is 5.75 Å². The maximum Gasteiger partial charge on any atom is 0.185 e. The first-order chi connectivity index (χ1) is 8.34. The normalized spacial score (nSPS) is 23.9. The highest BCUT2D eigenvalue weighted by Gasteiger charge is 2.25. The maximum absolute atomic E-state index is 5.68. The van der Waals surface area contributed by atoms with Gasteiger partial charge in [-0.1, -0.05) is 12.1 Å². The molecule has 92 valence electrons. The molecule has 1 aromatic rings. The Morgan fingerprint density at radius 1 is 1.24 bits per heavy atom. The van der Waals surface area contributed by atoms with Gasteiger partial charge in [0.1, 0.15) is 18.5 Å². The lowest BCUT2D eigenvalue weighted by atomic mass is 10.2. The van der Waals surface area contributed by atoms with Crippen molar-refractivity contribution >= 4 is 15.9 Å². The van der Waals surface area contributed by atoms with E-state index in [0.717, 1.165) is 22.4 Å². The SMILES string of the molecule is Brc1c(OC[C@H]2CO2)cccc1C1OCCO1. The molecule has 2 saturated heterocycles. The molecule has 2 aliphatic rings. The van der Waals surface area contributed by atoms with Crippen LogP contribution in [-0.2, 0) is 14.2 Å². The molecular formula is C12H13BrO4. The number of hydrogen-bond donors (Lipinski definition) is 0. The molecule has 0 N–H and O–H groups in total. The Morgan fingerprint density at radius 3 is 2.71 bits per heavy atom. The van der Waals surface area contributed by atoms with Crippen molar-refractivity contribution < 1.29 is 18.9 Å². The molecule has 0 amide bonds. The molecule has 0 bridgehead atoms. The lowest BCUT2D eigenvalue weighted by Crippen LogP contribution is -2.06. The molecule has 0 unspecified atom stereocenters. The highest BCUT2D eigenvalue weighted by molar-refractivity contribution is 9.10. The van der Waals surface area contributed by atoms with Crippen LogP contribution < -0.4 is 4.74 Å². The largest absolute Gasteiger partial charge is 0.490 e. The number of benzene rings is 1. The Balaban J connectivity index is 1.75. The summed E-state index contributed by atoms with van der Waals surface area (Å²) >= 11 is 3.54. The molecule has 3 rings (SSSR count). The molecule has 17 heavy (non-hydrogen) atoms. The first-order valence-corrected chi connectivity index (χ1v) is 6.40. The third-order valence-electron chi connectivity index (χ3n) is 2.70. The van der Waals surface area contributed by atoms with Gasteiger partial charge >= 0.3 is 0 Å². The zero-order valence-corrected chi connectivity index (χ0v) is 10.8. The summed E-state index contributed by atoms with van der Waals surface area (Å²) in [4.78, 5) is 0. The van der Waals surface area contributed by atoms with Crippen molar-refractivity contribution in [1.29, 1.82) is 0 Å². The molecule has 5 heteroatoms. The summed E-state index contributed by atoms with van der Waals surface area (Å²) in [6.45, 7) is 2.66. The highest BCUT2D eigenvalue weighted by atomic mass is 79.9. The maximum atomic E-state index is 5.68. The summed E-state index contributed by atoms with van der Waals surface area (Å²) in [6, 6.07) is 5.83. The number of epoxide rings is 1. The van der Waals surface area contributed by atoms with Gasteiger partial charge in [-0.15, -0.1) is 0 Å². The molecular weight excluding hydrogens is 288 g/mol. The van der Waals surface area contributed by atoms with Gasteiger partial charge in [0, 0.05) is 5.56 Å². The number of hydrogen-bond acceptors (Lipinski definition) is 4. The average Bonchev–Trinajstić information content (AvgIpc) is 3.01. The van der Waals surface area contributed by atoms with E-state index in [0.29, 0.717) is 19.8 Å². The Labute approximate surface area is 108 Å². The predicted octanol–water partition coefficient (Wildman–Crippen LogP) is 2.27. The Morgan fingerprint density at radius 2 is 2.00 bits per heavy atom. The van der Waals surface area contributed by atoms with Crippen molar-refractivity contribution in [2.75, 3.05) is 26.4 Å². The summed E-state index contributed by atoms with van der Waals surface area (Å²) in [5.41, 5.74) is 0.969. The van der Waals surface area contributed by atoms with Gasteiger partial charge in [0.15, 0.2) is 6.29 Å². The van der Waals surface area contributed by atoms with Crippen LogP contribution in [0, 0.1) is 0 Å². The number of rotatable bonds is 4. The predicted molar refractivity (Wildman–Crippen MR) is 64.0 cm³/mol.